The number of anilines is 6. The number of hydrogen-bond acceptors (Lipinski definition) is 4. The highest BCUT2D eigenvalue weighted by Gasteiger charge is 2.47. The fourth-order valence-electron chi connectivity index (χ4n) is 10.8. The average Bonchev–Trinajstić information content (AvgIpc) is 3.98. The van der Waals surface area contributed by atoms with E-state index in [9.17, 15) is 0 Å². The SMILES string of the molecule is CC(C)(C)c1ccc(N2c3ccc(-n4c5ccccc5c5ccccc54)cc3B3c4oc5c(ccc6oc7ccccc7c65)c4N(c4ccc(C(C)(C)C)cc4)c4cccc2c43)cc1. The third-order valence-corrected chi connectivity index (χ3v) is 13.9. The van der Waals surface area contributed by atoms with Crippen LogP contribution in [0, 0.1) is 0 Å². The Morgan fingerprint density at radius 1 is 0.438 bits per heavy atom. The van der Waals surface area contributed by atoms with Crippen LogP contribution in [-0.2, 0) is 10.8 Å². The zero-order chi connectivity index (χ0) is 43.2. The molecule has 0 amide bonds. The summed E-state index contributed by atoms with van der Waals surface area (Å²) < 4.78 is 16.5. The second-order valence-electron chi connectivity index (χ2n) is 19.7. The smallest absolute Gasteiger partial charge is 0.297 e. The second-order valence-corrected chi connectivity index (χ2v) is 19.7. The molecule has 0 saturated heterocycles. The fraction of sp³-hybridized carbons (Fsp3) is 0.138. The van der Waals surface area contributed by atoms with Gasteiger partial charge in [-0.3, -0.25) is 0 Å². The van der Waals surface area contributed by atoms with Crippen molar-refractivity contribution in [3.05, 3.63) is 181 Å². The van der Waals surface area contributed by atoms with Crippen molar-refractivity contribution in [3.8, 4) is 5.69 Å². The van der Waals surface area contributed by atoms with Crippen LogP contribution in [0.5, 0.6) is 0 Å². The minimum absolute atomic E-state index is 0.0136. The van der Waals surface area contributed by atoms with Gasteiger partial charge in [0.15, 0.2) is 0 Å². The Labute approximate surface area is 372 Å². The lowest BCUT2D eigenvalue weighted by molar-refractivity contribution is 0.590. The van der Waals surface area contributed by atoms with Gasteiger partial charge in [0.1, 0.15) is 16.7 Å². The lowest BCUT2D eigenvalue weighted by Crippen LogP contribution is -2.61. The van der Waals surface area contributed by atoms with Gasteiger partial charge in [-0.25, -0.2) is 0 Å². The van der Waals surface area contributed by atoms with Crippen LogP contribution in [-0.4, -0.2) is 11.3 Å². The molecular weight excluding hydrogens is 781 g/mol. The highest BCUT2D eigenvalue weighted by Crippen LogP contribution is 2.49. The molecule has 64 heavy (non-hydrogen) atoms. The van der Waals surface area contributed by atoms with E-state index in [0.29, 0.717) is 0 Å². The third-order valence-electron chi connectivity index (χ3n) is 13.9. The van der Waals surface area contributed by atoms with Crippen LogP contribution in [0.2, 0.25) is 0 Å². The number of hydrogen-bond donors (Lipinski definition) is 0. The first-order valence-electron chi connectivity index (χ1n) is 22.5. The van der Waals surface area contributed by atoms with Gasteiger partial charge in [-0.05, 0) is 118 Å². The summed E-state index contributed by atoms with van der Waals surface area (Å²) in [5.74, 6) is 0. The third kappa shape index (κ3) is 5.20. The van der Waals surface area contributed by atoms with E-state index < -0.39 is 0 Å². The van der Waals surface area contributed by atoms with E-state index in [1.54, 1.807) is 0 Å². The van der Waals surface area contributed by atoms with E-state index >= 15 is 0 Å². The molecule has 5 heterocycles. The van der Waals surface area contributed by atoms with Crippen molar-refractivity contribution in [3.63, 3.8) is 0 Å². The minimum atomic E-state index is -0.222. The van der Waals surface area contributed by atoms with E-state index in [2.05, 4.69) is 214 Å². The molecule has 11 aromatic rings. The van der Waals surface area contributed by atoms with Crippen LogP contribution in [0.4, 0.5) is 34.1 Å². The zero-order valence-electron chi connectivity index (χ0n) is 36.9. The van der Waals surface area contributed by atoms with Crippen molar-refractivity contribution in [1.82, 2.24) is 4.57 Å². The van der Waals surface area contributed by atoms with Gasteiger partial charge in [0.05, 0.1) is 27.8 Å². The Hall–Kier alpha value is -7.44. The molecule has 0 fully saturated rings. The van der Waals surface area contributed by atoms with Crippen LogP contribution in [0.15, 0.2) is 179 Å². The molecular formula is C58H46BN3O2. The van der Waals surface area contributed by atoms with Gasteiger partial charge in [0.2, 0.25) is 0 Å². The molecule has 2 aliphatic rings. The average molecular weight is 828 g/mol. The molecule has 0 atom stereocenters. The lowest BCUT2D eigenvalue weighted by atomic mass is 9.35. The highest BCUT2D eigenvalue weighted by molar-refractivity contribution is 7.00. The monoisotopic (exact) mass is 827 g/mol. The molecule has 8 aromatic carbocycles. The molecule has 2 aliphatic heterocycles. The minimum Gasteiger partial charge on any atom is -0.467 e. The topological polar surface area (TPSA) is 37.7 Å². The van der Waals surface area contributed by atoms with Crippen molar-refractivity contribution in [2.45, 2.75) is 52.4 Å². The van der Waals surface area contributed by atoms with Gasteiger partial charge in [-0.1, -0.05) is 126 Å². The number of furan rings is 2. The van der Waals surface area contributed by atoms with Gasteiger partial charge < -0.3 is 23.2 Å². The summed E-state index contributed by atoms with van der Waals surface area (Å²) in [4.78, 5) is 4.93. The predicted octanol–water partition coefficient (Wildman–Crippen LogP) is 14.1. The van der Waals surface area contributed by atoms with Crippen LogP contribution in [0.1, 0.15) is 52.7 Å². The van der Waals surface area contributed by atoms with Crippen molar-refractivity contribution in [2.24, 2.45) is 0 Å². The molecule has 0 aliphatic carbocycles. The summed E-state index contributed by atoms with van der Waals surface area (Å²) in [5, 5.41) is 5.60. The van der Waals surface area contributed by atoms with Crippen LogP contribution >= 0.6 is 0 Å². The van der Waals surface area contributed by atoms with Crippen LogP contribution < -0.4 is 26.4 Å². The molecule has 0 spiro atoms. The Morgan fingerprint density at radius 2 is 1.00 bits per heavy atom. The summed E-state index contributed by atoms with van der Waals surface area (Å²) in [7, 11) is 0. The Balaban J connectivity index is 1.14. The first-order valence-corrected chi connectivity index (χ1v) is 22.5. The maximum atomic E-state index is 7.54. The Morgan fingerprint density at radius 3 is 1.64 bits per heavy atom. The van der Waals surface area contributed by atoms with Gasteiger partial charge in [0.25, 0.3) is 6.71 Å². The summed E-state index contributed by atoms with van der Waals surface area (Å²) >= 11 is 0. The Kier molecular flexibility index (Phi) is 7.58. The molecule has 0 radical (unpaired) electrons. The molecule has 3 aromatic heterocycles. The molecule has 0 bridgehead atoms. The first kappa shape index (κ1) is 37.1. The van der Waals surface area contributed by atoms with E-state index in [4.69, 9.17) is 8.83 Å². The van der Waals surface area contributed by atoms with E-state index in [-0.39, 0.29) is 17.5 Å². The molecule has 5 nitrogen and oxygen atoms in total. The van der Waals surface area contributed by atoms with E-state index in [0.717, 1.165) is 78.4 Å². The standard InChI is InChI=1S/C58H46BN3O2/c1-57(2,3)35-22-26-37(27-23-35)60-47-32-30-39(61-45-17-10-7-14-40(45)41-15-8-11-18-46(41)61)34-44(47)59-53-48(60)19-13-20-49(53)62(38-28-24-36(25-29-38)58(4,5)6)54-43-31-33-51-52(55(43)64-56(54)59)42-16-9-12-21-50(42)63-51/h7-34H,1-6H3. The highest BCUT2D eigenvalue weighted by atomic mass is 16.3. The van der Waals surface area contributed by atoms with Crippen LogP contribution in [0.3, 0.4) is 0 Å². The summed E-state index contributed by atoms with van der Waals surface area (Å²) in [6, 6.07) is 62.4. The van der Waals surface area contributed by atoms with Crippen molar-refractivity contribution in [1.29, 1.82) is 0 Å². The van der Waals surface area contributed by atoms with Crippen molar-refractivity contribution >= 4 is 112 Å². The fourth-order valence-corrected chi connectivity index (χ4v) is 10.8. The van der Waals surface area contributed by atoms with Gasteiger partial charge >= 0.3 is 0 Å². The van der Waals surface area contributed by atoms with Crippen molar-refractivity contribution < 1.29 is 8.83 Å². The second kappa shape index (κ2) is 13.1. The predicted molar refractivity (Wildman–Crippen MR) is 269 cm³/mol. The lowest BCUT2D eigenvalue weighted by Gasteiger charge is -2.42. The number of nitrogens with zero attached hydrogens (tertiary/aromatic N) is 3. The molecule has 0 unspecified atom stereocenters. The molecule has 308 valence electrons. The largest absolute Gasteiger partial charge is 0.467 e. The van der Waals surface area contributed by atoms with Gasteiger partial charge in [-0.2, -0.15) is 0 Å². The molecule has 0 N–H and O–H groups in total. The number of benzene rings is 8. The summed E-state index contributed by atoms with van der Waals surface area (Å²) in [6.45, 7) is 13.4. The maximum absolute atomic E-state index is 7.54. The molecule has 0 saturated carbocycles. The molecule has 13 rings (SSSR count). The van der Waals surface area contributed by atoms with E-state index in [1.807, 2.05) is 12.1 Å². The van der Waals surface area contributed by atoms with Gasteiger partial charge in [0, 0.05) is 55.7 Å². The van der Waals surface area contributed by atoms with E-state index in [1.165, 1.54) is 43.9 Å². The number of para-hydroxylation sites is 3. The van der Waals surface area contributed by atoms with Crippen molar-refractivity contribution in [2.75, 3.05) is 9.80 Å². The number of rotatable bonds is 3. The number of aromatic nitrogens is 1. The first-order chi connectivity index (χ1) is 31.0. The maximum Gasteiger partial charge on any atom is 0.297 e. The summed E-state index contributed by atoms with van der Waals surface area (Å²) in [6.07, 6.45) is 0. The summed E-state index contributed by atoms with van der Waals surface area (Å²) in [5.41, 5.74) is 18.7. The quantitative estimate of drug-likeness (QED) is 0.166. The molecule has 6 heteroatoms. The van der Waals surface area contributed by atoms with Crippen LogP contribution in [0.25, 0.3) is 60.4 Å². The zero-order valence-corrected chi connectivity index (χ0v) is 36.9. The Bertz CT molecular complexity index is 3650. The number of fused-ring (bicyclic) bond motifs is 13. The van der Waals surface area contributed by atoms with Gasteiger partial charge in [-0.15, -0.1) is 0 Å². The normalized spacial score (nSPS) is 13.7.